The Morgan fingerprint density at radius 2 is 2.35 bits per heavy atom. The second kappa shape index (κ2) is 5.14. The van der Waals surface area contributed by atoms with Crippen molar-refractivity contribution in [1.82, 2.24) is 14.7 Å². The fraction of sp³-hybridized carbons (Fsp3) is 0.500. The Balaban J connectivity index is 2.03. The van der Waals surface area contributed by atoms with E-state index in [-0.39, 0.29) is 6.04 Å². The van der Waals surface area contributed by atoms with Crippen molar-refractivity contribution in [3.05, 3.63) is 35.7 Å². The van der Waals surface area contributed by atoms with Gasteiger partial charge in [-0.1, -0.05) is 18.5 Å². The first-order valence-electron chi connectivity index (χ1n) is 5.89. The molecule has 0 aliphatic carbocycles. The minimum Gasteiger partial charge on any atom is -0.345 e. The van der Waals surface area contributed by atoms with E-state index in [4.69, 9.17) is 10.3 Å². The Morgan fingerprint density at radius 3 is 3.00 bits per heavy atom. The Hall–Kier alpha value is -1.62. The topological polar surface area (TPSA) is 69.9 Å². The highest BCUT2D eigenvalue weighted by atomic mass is 16.5. The molecule has 2 aromatic rings. The standard InChI is InChI=1S/C12H18N4O/c1-3-4-11(13)10-5-6-16(7-10)8-12-14-9(2)15-17-12/h5-7,11H,3-4,8,13H2,1-2H3. The normalized spacial score (nSPS) is 12.9. The maximum Gasteiger partial charge on any atom is 0.246 e. The number of hydrogen-bond donors (Lipinski definition) is 1. The number of aryl methyl sites for hydroxylation is 1. The molecular formula is C12H18N4O. The molecule has 1 unspecified atom stereocenters. The minimum absolute atomic E-state index is 0.116. The average molecular weight is 234 g/mol. The summed E-state index contributed by atoms with van der Waals surface area (Å²) in [6.07, 6.45) is 6.13. The Morgan fingerprint density at radius 1 is 1.53 bits per heavy atom. The summed E-state index contributed by atoms with van der Waals surface area (Å²) in [5, 5.41) is 3.76. The fourth-order valence-electron chi connectivity index (χ4n) is 1.82. The van der Waals surface area contributed by atoms with E-state index < -0.39 is 0 Å². The van der Waals surface area contributed by atoms with Crippen molar-refractivity contribution in [3.63, 3.8) is 0 Å². The van der Waals surface area contributed by atoms with Gasteiger partial charge < -0.3 is 14.8 Å². The van der Waals surface area contributed by atoms with Crippen molar-refractivity contribution in [2.24, 2.45) is 5.73 Å². The number of hydrogen-bond acceptors (Lipinski definition) is 4. The molecule has 92 valence electrons. The highest BCUT2D eigenvalue weighted by Gasteiger charge is 2.08. The van der Waals surface area contributed by atoms with Gasteiger partial charge in [0.15, 0.2) is 5.82 Å². The Kier molecular flexibility index (Phi) is 3.58. The molecule has 5 heteroatoms. The first kappa shape index (κ1) is 11.9. The summed E-state index contributed by atoms with van der Waals surface area (Å²) in [4.78, 5) is 4.17. The van der Waals surface area contributed by atoms with Crippen LogP contribution in [0.1, 0.15) is 43.1 Å². The summed E-state index contributed by atoms with van der Waals surface area (Å²) < 4.78 is 7.08. The van der Waals surface area contributed by atoms with Crippen LogP contribution >= 0.6 is 0 Å². The van der Waals surface area contributed by atoms with Gasteiger partial charge in [0.1, 0.15) is 6.54 Å². The Labute approximate surface area is 101 Å². The summed E-state index contributed by atoms with van der Waals surface area (Å²) in [6.45, 7) is 4.54. The largest absolute Gasteiger partial charge is 0.345 e. The molecule has 17 heavy (non-hydrogen) atoms. The van der Waals surface area contributed by atoms with Crippen LogP contribution in [0.15, 0.2) is 23.0 Å². The number of nitrogens with two attached hydrogens (primary N) is 1. The van der Waals surface area contributed by atoms with E-state index in [0.717, 1.165) is 18.4 Å². The van der Waals surface area contributed by atoms with Gasteiger partial charge in [-0.3, -0.25) is 0 Å². The molecule has 2 N–H and O–H groups in total. The molecule has 0 saturated heterocycles. The van der Waals surface area contributed by atoms with Crippen molar-refractivity contribution in [3.8, 4) is 0 Å². The van der Waals surface area contributed by atoms with Crippen molar-refractivity contribution in [1.29, 1.82) is 0 Å². The third-order valence-corrected chi connectivity index (χ3v) is 2.69. The van der Waals surface area contributed by atoms with Gasteiger partial charge in [0.2, 0.25) is 5.89 Å². The van der Waals surface area contributed by atoms with E-state index >= 15 is 0 Å². The van der Waals surface area contributed by atoms with Crippen LogP contribution in [0.4, 0.5) is 0 Å². The molecule has 0 saturated carbocycles. The molecule has 0 aromatic carbocycles. The van der Waals surface area contributed by atoms with Gasteiger partial charge in [0.25, 0.3) is 0 Å². The molecule has 0 aliphatic rings. The smallest absolute Gasteiger partial charge is 0.246 e. The van der Waals surface area contributed by atoms with Gasteiger partial charge in [0, 0.05) is 18.4 Å². The van der Waals surface area contributed by atoms with Crippen LogP contribution in [0, 0.1) is 6.92 Å². The van der Waals surface area contributed by atoms with Gasteiger partial charge in [0.05, 0.1) is 0 Å². The predicted octanol–water partition coefficient (Wildman–Crippen LogP) is 2.03. The number of aromatic nitrogens is 3. The molecule has 0 aliphatic heterocycles. The van der Waals surface area contributed by atoms with Crippen molar-refractivity contribution in [2.75, 3.05) is 0 Å². The van der Waals surface area contributed by atoms with E-state index in [1.54, 1.807) is 0 Å². The minimum atomic E-state index is 0.116. The molecule has 5 nitrogen and oxygen atoms in total. The summed E-state index contributed by atoms with van der Waals surface area (Å²) in [6, 6.07) is 2.16. The van der Waals surface area contributed by atoms with E-state index in [1.807, 2.05) is 30.0 Å². The SMILES string of the molecule is CCCC(N)c1ccn(Cc2nc(C)no2)c1. The van der Waals surface area contributed by atoms with Gasteiger partial charge in [-0.2, -0.15) is 4.98 Å². The lowest BCUT2D eigenvalue weighted by Crippen LogP contribution is -2.08. The molecule has 2 heterocycles. The highest BCUT2D eigenvalue weighted by Crippen LogP contribution is 2.16. The molecule has 0 fully saturated rings. The maximum absolute atomic E-state index is 6.05. The average Bonchev–Trinajstić information content (AvgIpc) is 2.89. The van der Waals surface area contributed by atoms with Crippen molar-refractivity contribution in [2.45, 2.75) is 39.3 Å². The molecular weight excluding hydrogens is 216 g/mol. The van der Waals surface area contributed by atoms with E-state index in [2.05, 4.69) is 17.1 Å². The van der Waals surface area contributed by atoms with Gasteiger partial charge in [-0.05, 0) is 25.0 Å². The van der Waals surface area contributed by atoms with E-state index in [0.29, 0.717) is 18.3 Å². The lowest BCUT2D eigenvalue weighted by Gasteiger charge is -2.07. The van der Waals surface area contributed by atoms with Gasteiger partial charge in [-0.25, -0.2) is 0 Å². The quantitative estimate of drug-likeness (QED) is 0.859. The second-order valence-corrected chi connectivity index (χ2v) is 4.25. The molecule has 0 spiro atoms. The zero-order valence-electron chi connectivity index (χ0n) is 10.3. The van der Waals surface area contributed by atoms with Crippen LogP contribution in [0.25, 0.3) is 0 Å². The third kappa shape index (κ3) is 2.94. The zero-order chi connectivity index (χ0) is 12.3. The van der Waals surface area contributed by atoms with Crippen LogP contribution in [0.3, 0.4) is 0 Å². The molecule has 2 rings (SSSR count). The van der Waals surface area contributed by atoms with Crippen molar-refractivity contribution >= 4 is 0 Å². The highest BCUT2D eigenvalue weighted by molar-refractivity contribution is 5.15. The molecule has 1 atom stereocenters. The second-order valence-electron chi connectivity index (χ2n) is 4.25. The summed E-state index contributed by atoms with van der Waals surface area (Å²) >= 11 is 0. The van der Waals surface area contributed by atoms with Crippen LogP contribution in [-0.4, -0.2) is 14.7 Å². The van der Waals surface area contributed by atoms with Crippen LogP contribution < -0.4 is 5.73 Å². The monoisotopic (exact) mass is 234 g/mol. The van der Waals surface area contributed by atoms with Crippen LogP contribution in [0.2, 0.25) is 0 Å². The lowest BCUT2D eigenvalue weighted by atomic mass is 10.1. The summed E-state index contributed by atoms with van der Waals surface area (Å²) in [7, 11) is 0. The molecule has 0 amide bonds. The third-order valence-electron chi connectivity index (χ3n) is 2.69. The number of nitrogens with zero attached hydrogens (tertiary/aromatic N) is 3. The van der Waals surface area contributed by atoms with Gasteiger partial charge in [-0.15, -0.1) is 0 Å². The molecule has 0 bridgehead atoms. The van der Waals surface area contributed by atoms with Crippen molar-refractivity contribution < 1.29 is 4.52 Å². The van der Waals surface area contributed by atoms with Crippen LogP contribution in [0.5, 0.6) is 0 Å². The fourth-order valence-corrected chi connectivity index (χ4v) is 1.82. The zero-order valence-corrected chi connectivity index (χ0v) is 10.3. The van der Waals surface area contributed by atoms with E-state index in [1.165, 1.54) is 0 Å². The first-order valence-corrected chi connectivity index (χ1v) is 5.89. The predicted molar refractivity (Wildman–Crippen MR) is 64.4 cm³/mol. The summed E-state index contributed by atoms with van der Waals surface area (Å²) in [5.41, 5.74) is 7.21. The summed E-state index contributed by atoms with van der Waals surface area (Å²) in [5.74, 6) is 1.28. The van der Waals surface area contributed by atoms with Crippen LogP contribution in [-0.2, 0) is 6.54 Å². The Bertz CT molecular complexity index is 474. The van der Waals surface area contributed by atoms with E-state index in [9.17, 15) is 0 Å². The first-order chi connectivity index (χ1) is 8.19. The molecule has 2 aromatic heterocycles. The van der Waals surface area contributed by atoms with Gasteiger partial charge >= 0.3 is 0 Å². The maximum atomic E-state index is 6.05. The number of rotatable bonds is 5. The lowest BCUT2D eigenvalue weighted by molar-refractivity contribution is 0.368. The molecule has 0 radical (unpaired) electrons.